The van der Waals surface area contributed by atoms with Gasteiger partial charge in [0.15, 0.2) is 0 Å². The maximum absolute atomic E-state index is 3.59. The molecule has 1 heteroatoms. The summed E-state index contributed by atoms with van der Waals surface area (Å²) < 4.78 is 0. The summed E-state index contributed by atoms with van der Waals surface area (Å²) in [5, 5.41) is 0. The van der Waals surface area contributed by atoms with Crippen LogP contribution < -0.4 is 0 Å². The lowest BCUT2D eigenvalue weighted by molar-refractivity contribution is 0.707. The second-order valence-corrected chi connectivity index (χ2v) is 4.61. The Hall–Kier alpha value is -1.50. The Morgan fingerprint density at radius 3 is 2.56 bits per heavy atom. The van der Waals surface area contributed by atoms with E-state index in [9.17, 15) is 0 Å². The quantitative estimate of drug-likeness (QED) is 0.687. The second-order valence-electron chi connectivity index (χ2n) is 4.61. The van der Waals surface area contributed by atoms with Gasteiger partial charge in [0.1, 0.15) is 0 Å². The lowest BCUT2D eigenvalue weighted by Gasteiger charge is -1.97. The monoisotopic (exact) mass is 211 g/mol. The van der Waals surface area contributed by atoms with Crippen molar-refractivity contribution >= 4 is 0 Å². The minimum absolute atomic E-state index is 1.22. The molecule has 1 heterocycles. The van der Waals surface area contributed by atoms with Gasteiger partial charge in [-0.05, 0) is 42.9 Å². The highest BCUT2D eigenvalue weighted by molar-refractivity contribution is 5.61. The van der Waals surface area contributed by atoms with Crippen LogP contribution in [0.25, 0.3) is 11.3 Å². The summed E-state index contributed by atoms with van der Waals surface area (Å²) in [5.74, 6) is 0. The molecule has 1 nitrogen and oxygen atoms in total. The fourth-order valence-electron chi connectivity index (χ4n) is 2.55. The number of aromatic amines is 1. The van der Waals surface area contributed by atoms with E-state index in [4.69, 9.17) is 0 Å². The molecule has 2 aromatic rings. The Labute approximate surface area is 96.5 Å². The zero-order valence-electron chi connectivity index (χ0n) is 9.50. The third kappa shape index (κ3) is 1.78. The summed E-state index contributed by atoms with van der Waals surface area (Å²) in [6, 6.07) is 13.0. The Morgan fingerprint density at radius 1 is 0.875 bits per heavy atom. The molecule has 1 aromatic carbocycles. The van der Waals surface area contributed by atoms with Crippen LogP contribution in [0, 0.1) is 0 Å². The summed E-state index contributed by atoms with van der Waals surface area (Å²) in [4.78, 5) is 3.59. The van der Waals surface area contributed by atoms with Crippen molar-refractivity contribution in [1.82, 2.24) is 4.98 Å². The van der Waals surface area contributed by atoms with E-state index in [1.165, 1.54) is 54.6 Å². The predicted octanol–water partition coefficient (Wildman–Crippen LogP) is 3.95. The summed E-state index contributed by atoms with van der Waals surface area (Å²) in [5.41, 5.74) is 5.59. The molecule has 0 bridgehead atoms. The standard InChI is InChI=1S/C15H17N/c1-3-7-12(8-4-1)15-11-13-9-5-2-6-10-14(13)16-15/h1,3-4,7-8,11,16H,2,5-6,9-10H2. The van der Waals surface area contributed by atoms with Gasteiger partial charge in [0.2, 0.25) is 0 Å². The van der Waals surface area contributed by atoms with Gasteiger partial charge in [-0.15, -0.1) is 0 Å². The number of hydrogen-bond acceptors (Lipinski definition) is 0. The van der Waals surface area contributed by atoms with Crippen LogP contribution in [0.1, 0.15) is 30.5 Å². The molecule has 0 saturated carbocycles. The third-order valence-electron chi connectivity index (χ3n) is 3.45. The second kappa shape index (κ2) is 4.17. The van der Waals surface area contributed by atoms with Crippen molar-refractivity contribution in [2.75, 3.05) is 0 Å². The van der Waals surface area contributed by atoms with Crippen LogP contribution in [-0.2, 0) is 12.8 Å². The largest absolute Gasteiger partial charge is 0.358 e. The minimum Gasteiger partial charge on any atom is -0.358 e. The van der Waals surface area contributed by atoms with Gasteiger partial charge in [-0.2, -0.15) is 0 Å². The first kappa shape index (κ1) is 9.71. The number of fused-ring (bicyclic) bond motifs is 1. The van der Waals surface area contributed by atoms with Crippen LogP contribution in [-0.4, -0.2) is 4.98 Å². The molecule has 1 aliphatic rings. The van der Waals surface area contributed by atoms with E-state index in [1.807, 2.05) is 0 Å². The first-order valence-corrected chi connectivity index (χ1v) is 6.20. The molecule has 1 aliphatic carbocycles. The third-order valence-corrected chi connectivity index (χ3v) is 3.45. The summed E-state index contributed by atoms with van der Waals surface area (Å²) in [6.07, 6.45) is 6.53. The minimum atomic E-state index is 1.22. The molecule has 16 heavy (non-hydrogen) atoms. The van der Waals surface area contributed by atoms with Crippen LogP contribution in [0.15, 0.2) is 36.4 Å². The van der Waals surface area contributed by atoms with Crippen molar-refractivity contribution in [1.29, 1.82) is 0 Å². The lowest BCUT2D eigenvalue weighted by Crippen LogP contribution is -1.86. The Kier molecular flexibility index (Phi) is 2.53. The maximum Gasteiger partial charge on any atom is 0.0458 e. The zero-order valence-corrected chi connectivity index (χ0v) is 9.50. The number of aromatic nitrogens is 1. The molecule has 0 unspecified atom stereocenters. The van der Waals surface area contributed by atoms with Crippen LogP contribution in [0.2, 0.25) is 0 Å². The molecule has 3 rings (SSSR count). The molecule has 0 fully saturated rings. The smallest absolute Gasteiger partial charge is 0.0458 e. The number of rotatable bonds is 1. The molecular formula is C15H17N. The number of aryl methyl sites for hydroxylation is 2. The van der Waals surface area contributed by atoms with Crippen molar-refractivity contribution in [3.05, 3.63) is 47.7 Å². The number of H-pyrrole nitrogens is 1. The summed E-state index contributed by atoms with van der Waals surface area (Å²) in [7, 11) is 0. The normalized spacial score (nSPS) is 15.5. The van der Waals surface area contributed by atoms with E-state index < -0.39 is 0 Å². The zero-order chi connectivity index (χ0) is 10.8. The van der Waals surface area contributed by atoms with Crippen molar-refractivity contribution in [2.24, 2.45) is 0 Å². The van der Waals surface area contributed by atoms with Crippen LogP contribution >= 0.6 is 0 Å². The van der Waals surface area contributed by atoms with Crippen molar-refractivity contribution in [3.8, 4) is 11.3 Å². The van der Waals surface area contributed by atoms with E-state index in [-0.39, 0.29) is 0 Å². The van der Waals surface area contributed by atoms with E-state index >= 15 is 0 Å². The molecule has 0 amide bonds. The summed E-state index contributed by atoms with van der Waals surface area (Å²) in [6.45, 7) is 0. The molecule has 1 aromatic heterocycles. The molecule has 0 spiro atoms. The van der Waals surface area contributed by atoms with Crippen molar-refractivity contribution in [3.63, 3.8) is 0 Å². The molecule has 0 atom stereocenters. The Bertz CT molecular complexity index is 444. The number of nitrogens with one attached hydrogen (secondary N) is 1. The van der Waals surface area contributed by atoms with Crippen LogP contribution in [0.3, 0.4) is 0 Å². The van der Waals surface area contributed by atoms with Crippen molar-refractivity contribution < 1.29 is 0 Å². The highest BCUT2D eigenvalue weighted by Crippen LogP contribution is 2.26. The average molecular weight is 211 g/mol. The first-order chi connectivity index (χ1) is 7.93. The Morgan fingerprint density at radius 2 is 1.69 bits per heavy atom. The highest BCUT2D eigenvalue weighted by Gasteiger charge is 2.11. The molecular weight excluding hydrogens is 194 g/mol. The van der Waals surface area contributed by atoms with Gasteiger partial charge in [-0.25, -0.2) is 0 Å². The summed E-state index contributed by atoms with van der Waals surface area (Å²) >= 11 is 0. The topological polar surface area (TPSA) is 15.8 Å². The van der Waals surface area contributed by atoms with E-state index in [1.54, 1.807) is 0 Å². The van der Waals surface area contributed by atoms with Gasteiger partial charge in [0, 0.05) is 11.4 Å². The van der Waals surface area contributed by atoms with Crippen molar-refractivity contribution in [2.45, 2.75) is 32.1 Å². The molecule has 1 N–H and O–H groups in total. The fourth-order valence-corrected chi connectivity index (χ4v) is 2.55. The average Bonchev–Trinajstić information content (AvgIpc) is 2.62. The van der Waals surface area contributed by atoms with Crippen LogP contribution in [0.4, 0.5) is 0 Å². The van der Waals surface area contributed by atoms with E-state index in [2.05, 4.69) is 41.4 Å². The molecule has 0 saturated heterocycles. The predicted molar refractivity (Wildman–Crippen MR) is 67.5 cm³/mol. The SMILES string of the molecule is c1ccc(-c2cc3c([nH]2)CCCCC3)cc1. The van der Waals surface area contributed by atoms with Gasteiger partial charge >= 0.3 is 0 Å². The molecule has 0 radical (unpaired) electrons. The first-order valence-electron chi connectivity index (χ1n) is 6.20. The lowest BCUT2D eigenvalue weighted by atomic mass is 10.1. The van der Waals surface area contributed by atoms with Gasteiger partial charge in [0.25, 0.3) is 0 Å². The maximum atomic E-state index is 3.59. The fraction of sp³-hybridized carbons (Fsp3) is 0.333. The highest BCUT2D eigenvalue weighted by atomic mass is 14.7. The number of hydrogen-bond donors (Lipinski definition) is 1. The van der Waals surface area contributed by atoms with Gasteiger partial charge < -0.3 is 4.98 Å². The number of benzene rings is 1. The van der Waals surface area contributed by atoms with Gasteiger partial charge in [0.05, 0.1) is 0 Å². The van der Waals surface area contributed by atoms with E-state index in [0.29, 0.717) is 0 Å². The van der Waals surface area contributed by atoms with Gasteiger partial charge in [-0.1, -0.05) is 36.8 Å². The molecule has 0 aliphatic heterocycles. The van der Waals surface area contributed by atoms with Gasteiger partial charge in [-0.3, -0.25) is 0 Å². The van der Waals surface area contributed by atoms with E-state index in [0.717, 1.165) is 0 Å². The Balaban J connectivity index is 1.98. The van der Waals surface area contributed by atoms with Crippen LogP contribution in [0.5, 0.6) is 0 Å². The molecule has 82 valence electrons.